The van der Waals surface area contributed by atoms with Crippen LogP contribution in [-0.4, -0.2) is 27.5 Å². The van der Waals surface area contributed by atoms with Gasteiger partial charge in [0, 0.05) is 18.4 Å². The van der Waals surface area contributed by atoms with Crippen LogP contribution in [0.25, 0.3) is 0 Å². The molecule has 7 heteroatoms. The Morgan fingerprint density at radius 3 is 2.32 bits per heavy atom. The van der Waals surface area contributed by atoms with Gasteiger partial charge in [-0.1, -0.05) is 39.8 Å². The summed E-state index contributed by atoms with van der Waals surface area (Å²) >= 11 is 0. The molecule has 7 nitrogen and oxygen atoms in total. The first-order valence-electron chi connectivity index (χ1n) is 10.2. The van der Waals surface area contributed by atoms with E-state index < -0.39 is 5.54 Å². The molecule has 0 saturated heterocycles. The van der Waals surface area contributed by atoms with Crippen molar-refractivity contribution >= 4 is 11.8 Å². The molecule has 156 valence electrons. The molecule has 2 N–H and O–H groups in total. The van der Waals surface area contributed by atoms with Crippen LogP contribution in [0.15, 0.2) is 10.9 Å². The Morgan fingerprint density at radius 2 is 1.79 bits per heavy atom. The summed E-state index contributed by atoms with van der Waals surface area (Å²) in [5.41, 5.74) is -0.734. The highest BCUT2D eigenvalue weighted by Crippen LogP contribution is 2.51. The number of hydrogen-bond acceptors (Lipinski definition) is 5. The summed E-state index contributed by atoms with van der Waals surface area (Å²) in [7, 11) is 0. The smallest absolute Gasteiger partial charge is 0.221 e. The molecule has 2 unspecified atom stereocenters. The standard InChI is InChI=1S/C21H34N4O3/c1-18(2,3)11-15(26)23-20(6)10-14(20)9-19(4,5)12-16(27)24-21(7-8-21)17-22-13-28-25-17/h13-14H,7-12H2,1-6H3,(H,23,26)(H,24,27). The van der Waals surface area contributed by atoms with Crippen molar-refractivity contribution < 1.29 is 14.1 Å². The van der Waals surface area contributed by atoms with E-state index in [-0.39, 0.29) is 28.2 Å². The van der Waals surface area contributed by atoms with Crippen LogP contribution < -0.4 is 10.6 Å². The molecule has 0 aliphatic heterocycles. The maximum atomic E-state index is 12.6. The van der Waals surface area contributed by atoms with Gasteiger partial charge in [0.2, 0.25) is 18.2 Å². The summed E-state index contributed by atoms with van der Waals surface area (Å²) in [6.07, 6.45) is 5.84. The van der Waals surface area contributed by atoms with E-state index in [0.717, 1.165) is 25.7 Å². The largest absolute Gasteiger partial charge is 0.351 e. The molecule has 2 aliphatic rings. The second-order valence-corrected chi connectivity index (χ2v) is 11.0. The fraction of sp³-hybridized carbons (Fsp3) is 0.810. The van der Waals surface area contributed by atoms with Crippen LogP contribution >= 0.6 is 0 Å². The van der Waals surface area contributed by atoms with Crippen molar-refractivity contribution in [3.05, 3.63) is 12.2 Å². The first kappa shape index (κ1) is 20.8. The maximum absolute atomic E-state index is 12.6. The number of hydrogen-bond donors (Lipinski definition) is 2. The first-order valence-corrected chi connectivity index (χ1v) is 10.2. The number of aromatic nitrogens is 2. The molecular weight excluding hydrogens is 356 g/mol. The molecule has 1 aromatic heterocycles. The van der Waals surface area contributed by atoms with Gasteiger partial charge in [0.15, 0.2) is 5.82 Å². The zero-order valence-corrected chi connectivity index (χ0v) is 18.0. The molecule has 2 aliphatic carbocycles. The van der Waals surface area contributed by atoms with Gasteiger partial charge < -0.3 is 15.2 Å². The topological polar surface area (TPSA) is 97.1 Å². The lowest BCUT2D eigenvalue weighted by Gasteiger charge is -2.27. The lowest BCUT2D eigenvalue weighted by molar-refractivity contribution is -0.125. The minimum atomic E-state index is -0.435. The Labute approximate surface area is 167 Å². The zero-order chi connectivity index (χ0) is 20.8. The minimum Gasteiger partial charge on any atom is -0.351 e. The van der Waals surface area contributed by atoms with E-state index in [2.05, 4.69) is 62.3 Å². The number of amides is 2. The molecule has 28 heavy (non-hydrogen) atoms. The number of nitrogens with one attached hydrogen (secondary N) is 2. The van der Waals surface area contributed by atoms with Crippen LogP contribution in [0, 0.1) is 16.7 Å². The van der Waals surface area contributed by atoms with E-state index in [0.29, 0.717) is 24.6 Å². The lowest BCUT2D eigenvalue weighted by Crippen LogP contribution is -2.40. The average molecular weight is 391 g/mol. The number of carbonyl (C=O) groups excluding carboxylic acids is 2. The average Bonchev–Trinajstić information content (AvgIpc) is 3.29. The molecule has 0 aromatic carbocycles. The third kappa shape index (κ3) is 5.11. The van der Waals surface area contributed by atoms with Crippen molar-refractivity contribution in [1.82, 2.24) is 20.8 Å². The van der Waals surface area contributed by atoms with E-state index in [1.807, 2.05) is 0 Å². The molecular formula is C21H34N4O3. The van der Waals surface area contributed by atoms with Crippen LogP contribution in [0.4, 0.5) is 0 Å². The molecule has 2 amide bonds. The van der Waals surface area contributed by atoms with Gasteiger partial charge in [-0.2, -0.15) is 4.98 Å². The summed E-state index contributed by atoms with van der Waals surface area (Å²) < 4.78 is 4.82. The maximum Gasteiger partial charge on any atom is 0.221 e. The van der Waals surface area contributed by atoms with E-state index >= 15 is 0 Å². The van der Waals surface area contributed by atoms with Gasteiger partial charge in [-0.3, -0.25) is 9.59 Å². The number of carbonyl (C=O) groups is 2. The molecule has 1 heterocycles. The van der Waals surface area contributed by atoms with Gasteiger partial charge in [-0.15, -0.1) is 0 Å². The zero-order valence-electron chi connectivity index (χ0n) is 18.0. The fourth-order valence-corrected chi connectivity index (χ4v) is 4.14. The first-order chi connectivity index (χ1) is 12.8. The monoisotopic (exact) mass is 390 g/mol. The van der Waals surface area contributed by atoms with Crippen molar-refractivity contribution in [3.8, 4) is 0 Å². The predicted molar refractivity (Wildman–Crippen MR) is 105 cm³/mol. The van der Waals surface area contributed by atoms with Crippen molar-refractivity contribution in [1.29, 1.82) is 0 Å². The van der Waals surface area contributed by atoms with Gasteiger partial charge in [-0.05, 0) is 49.4 Å². The Balaban J connectivity index is 1.48. The number of rotatable bonds is 8. The van der Waals surface area contributed by atoms with Gasteiger partial charge in [0.25, 0.3) is 0 Å². The minimum absolute atomic E-state index is 0.0142. The summed E-state index contributed by atoms with van der Waals surface area (Å²) in [5.74, 6) is 1.11. The molecule has 2 atom stereocenters. The fourth-order valence-electron chi connectivity index (χ4n) is 4.14. The van der Waals surface area contributed by atoms with E-state index in [1.165, 1.54) is 6.39 Å². The Morgan fingerprint density at radius 1 is 1.14 bits per heavy atom. The quantitative estimate of drug-likeness (QED) is 0.710. The van der Waals surface area contributed by atoms with Crippen molar-refractivity contribution in [2.75, 3.05) is 0 Å². The highest BCUT2D eigenvalue weighted by atomic mass is 16.5. The van der Waals surface area contributed by atoms with Gasteiger partial charge in [0.1, 0.15) is 5.54 Å². The van der Waals surface area contributed by atoms with Crippen molar-refractivity contribution in [3.63, 3.8) is 0 Å². The lowest BCUT2D eigenvalue weighted by atomic mass is 9.82. The van der Waals surface area contributed by atoms with Crippen molar-refractivity contribution in [2.45, 2.75) is 91.1 Å². The van der Waals surface area contributed by atoms with Crippen molar-refractivity contribution in [2.24, 2.45) is 16.7 Å². The summed E-state index contributed by atoms with van der Waals surface area (Å²) in [4.78, 5) is 29.0. The summed E-state index contributed by atoms with van der Waals surface area (Å²) in [6, 6.07) is 0. The Kier molecular flexibility index (Phi) is 5.09. The molecule has 0 bridgehead atoms. The normalized spacial score (nSPS) is 25.9. The summed E-state index contributed by atoms with van der Waals surface area (Å²) in [6.45, 7) is 12.6. The van der Waals surface area contributed by atoms with Gasteiger partial charge in [0.05, 0.1) is 0 Å². The second-order valence-electron chi connectivity index (χ2n) is 11.0. The van der Waals surface area contributed by atoms with E-state index in [1.54, 1.807) is 0 Å². The predicted octanol–water partition coefficient (Wildman–Crippen LogP) is 3.31. The van der Waals surface area contributed by atoms with E-state index in [4.69, 9.17) is 4.52 Å². The molecule has 0 spiro atoms. The van der Waals surface area contributed by atoms with Crippen LogP contribution in [0.1, 0.15) is 85.9 Å². The Hall–Kier alpha value is -1.92. The van der Waals surface area contributed by atoms with Gasteiger partial charge >= 0.3 is 0 Å². The molecule has 1 aromatic rings. The van der Waals surface area contributed by atoms with Gasteiger partial charge in [-0.25, -0.2) is 0 Å². The second kappa shape index (κ2) is 6.85. The highest BCUT2D eigenvalue weighted by Gasteiger charge is 2.53. The molecule has 2 saturated carbocycles. The van der Waals surface area contributed by atoms with Crippen LogP contribution in [0.5, 0.6) is 0 Å². The molecule has 2 fully saturated rings. The van der Waals surface area contributed by atoms with Crippen LogP contribution in [0.3, 0.4) is 0 Å². The molecule has 0 radical (unpaired) electrons. The Bertz CT molecular complexity index is 731. The third-order valence-electron chi connectivity index (χ3n) is 5.88. The molecule has 3 rings (SSSR count). The highest BCUT2D eigenvalue weighted by molar-refractivity contribution is 5.78. The number of nitrogens with zero attached hydrogens (tertiary/aromatic N) is 2. The summed E-state index contributed by atoms with van der Waals surface area (Å²) in [5, 5.41) is 10.2. The van der Waals surface area contributed by atoms with Crippen LogP contribution in [-0.2, 0) is 15.1 Å². The van der Waals surface area contributed by atoms with Crippen LogP contribution in [0.2, 0.25) is 0 Å². The third-order valence-corrected chi connectivity index (χ3v) is 5.88. The SMILES string of the molecule is CC(C)(C)CC(=O)NC1(C)CC1CC(C)(C)CC(=O)NC1(c2ncon2)CC1. The van der Waals surface area contributed by atoms with E-state index in [9.17, 15) is 9.59 Å².